The predicted molar refractivity (Wildman–Crippen MR) is 103 cm³/mol. The first-order chi connectivity index (χ1) is 13.4. The van der Waals surface area contributed by atoms with E-state index in [1.165, 1.54) is 30.3 Å². The second-order valence-electron chi connectivity index (χ2n) is 6.43. The molecular weight excluding hydrogens is 365 g/mol. The van der Waals surface area contributed by atoms with Gasteiger partial charge in [-0.25, -0.2) is 9.18 Å². The van der Waals surface area contributed by atoms with E-state index in [0.29, 0.717) is 30.6 Å². The number of hydrogen-bond acceptors (Lipinski definition) is 5. The van der Waals surface area contributed by atoms with Crippen LogP contribution in [-0.2, 0) is 9.53 Å². The van der Waals surface area contributed by atoms with Crippen LogP contribution in [0.4, 0.5) is 10.1 Å². The number of halogens is 1. The molecule has 7 heteroatoms. The Bertz CT molecular complexity index is 822. The fourth-order valence-electron chi connectivity index (χ4n) is 2.26. The van der Waals surface area contributed by atoms with E-state index in [1.54, 1.807) is 12.1 Å². The number of esters is 1. The minimum atomic E-state index is -0.675. The molecule has 0 unspecified atom stereocenters. The highest BCUT2D eigenvalue weighted by molar-refractivity contribution is 5.95. The maximum Gasteiger partial charge on any atom is 0.338 e. The average molecular weight is 389 g/mol. The molecule has 0 fully saturated rings. The van der Waals surface area contributed by atoms with Gasteiger partial charge in [-0.1, -0.05) is 19.9 Å². The highest BCUT2D eigenvalue weighted by Gasteiger charge is 2.15. The van der Waals surface area contributed by atoms with Crippen LogP contribution in [0.5, 0.6) is 11.5 Å². The summed E-state index contributed by atoms with van der Waals surface area (Å²) in [5.74, 6) is -0.405. The third-order valence-electron chi connectivity index (χ3n) is 3.49. The van der Waals surface area contributed by atoms with E-state index in [9.17, 15) is 14.0 Å². The summed E-state index contributed by atoms with van der Waals surface area (Å²) in [5.41, 5.74) is 0.519. The predicted octanol–water partition coefficient (Wildman–Crippen LogP) is 4.05. The Kier molecular flexibility index (Phi) is 7.80. The highest BCUT2D eigenvalue weighted by atomic mass is 19.1. The first-order valence-electron chi connectivity index (χ1n) is 9.01. The zero-order valence-electron chi connectivity index (χ0n) is 16.2. The molecule has 0 saturated heterocycles. The number of rotatable bonds is 9. The zero-order valence-corrected chi connectivity index (χ0v) is 16.2. The van der Waals surface area contributed by atoms with Crippen LogP contribution in [-0.4, -0.2) is 31.7 Å². The molecule has 0 heterocycles. The summed E-state index contributed by atoms with van der Waals surface area (Å²) in [5, 5.41) is 2.46. The summed E-state index contributed by atoms with van der Waals surface area (Å²) in [6.45, 7) is 6.32. The van der Waals surface area contributed by atoms with Crippen LogP contribution in [0.25, 0.3) is 0 Å². The molecular formula is C21H24FNO5. The minimum absolute atomic E-state index is 0.235. The molecule has 2 aromatic rings. The molecule has 6 nitrogen and oxygen atoms in total. The number of benzene rings is 2. The fourth-order valence-corrected chi connectivity index (χ4v) is 2.26. The van der Waals surface area contributed by atoms with Gasteiger partial charge in [0.2, 0.25) is 0 Å². The Morgan fingerprint density at radius 2 is 1.86 bits per heavy atom. The van der Waals surface area contributed by atoms with E-state index in [-0.39, 0.29) is 11.3 Å². The van der Waals surface area contributed by atoms with Crippen molar-refractivity contribution in [1.82, 2.24) is 0 Å². The van der Waals surface area contributed by atoms with Gasteiger partial charge in [0.05, 0.1) is 18.8 Å². The zero-order chi connectivity index (χ0) is 20.5. The average Bonchev–Trinajstić information content (AvgIpc) is 2.65. The van der Waals surface area contributed by atoms with E-state index in [0.717, 1.165) is 0 Å². The molecule has 0 spiro atoms. The van der Waals surface area contributed by atoms with Crippen molar-refractivity contribution in [2.24, 2.45) is 5.92 Å². The van der Waals surface area contributed by atoms with E-state index >= 15 is 0 Å². The SMILES string of the molecule is CCOc1cc(C(=O)OCC(=O)Nc2cccc(F)c2)ccc1OCC(C)C. The molecule has 0 atom stereocenters. The normalized spacial score (nSPS) is 10.5. The van der Waals surface area contributed by atoms with Crippen LogP contribution in [0.2, 0.25) is 0 Å². The Morgan fingerprint density at radius 1 is 1.07 bits per heavy atom. The van der Waals surface area contributed by atoms with Crippen LogP contribution in [0, 0.1) is 11.7 Å². The summed E-state index contributed by atoms with van der Waals surface area (Å²) in [7, 11) is 0. The quantitative estimate of drug-likeness (QED) is 0.655. The summed E-state index contributed by atoms with van der Waals surface area (Å²) in [4.78, 5) is 24.1. The Balaban J connectivity index is 1.97. The van der Waals surface area contributed by atoms with Crippen molar-refractivity contribution in [3.8, 4) is 11.5 Å². The second-order valence-corrected chi connectivity index (χ2v) is 6.43. The molecule has 2 aromatic carbocycles. The van der Waals surface area contributed by atoms with Gasteiger partial charge in [-0.2, -0.15) is 0 Å². The van der Waals surface area contributed by atoms with Crippen molar-refractivity contribution in [3.05, 3.63) is 53.8 Å². The smallest absolute Gasteiger partial charge is 0.338 e. The molecule has 0 aromatic heterocycles. The first kappa shape index (κ1) is 21.2. The van der Waals surface area contributed by atoms with Gasteiger partial charge in [0, 0.05) is 5.69 Å². The van der Waals surface area contributed by atoms with Crippen LogP contribution in [0.3, 0.4) is 0 Å². The molecule has 150 valence electrons. The van der Waals surface area contributed by atoms with Crippen molar-refractivity contribution in [2.75, 3.05) is 25.1 Å². The summed E-state index contributed by atoms with van der Waals surface area (Å²) < 4.78 is 29.4. The molecule has 0 aliphatic rings. The van der Waals surface area contributed by atoms with Gasteiger partial charge < -0.3 is 19.5 Å². The van der Waals surface area contributed by atoms with E-state index in [2.05, 4.69) is 5.32 Å². The van der Waals surface area contributed by atoms with Crippen LogP contribution >= 0.6 is 0 Å². The Labute approximate surface area is 163 Å². The van der Waals surface area contributed by atoms with Crippen molar-refractivity contribution >= 4 is 17.6 Å². The van der Waals surface area contributed by atoms with Gasteiger partial charge in [0.15, 0.2) is 18.1 Å². The summed E-state index contributed by atoms with van der Waals surface area (Å²) in [6, 6.07) is 10.1. The minimum Gasteiger partial charge on any atom is -0.490 e. The second kappa shape index (κ2) is 10.3. The molecule has 1 N–H and O–H groups in total. The van der Waals surface area contributed by atoms with Gasteiger partial charge in [0.25, 0.3) is 5.91 Å². The highest BCUT2D eigenvalue weighted by Crippen LogP contribution is 2.29. The van der Waals surface area contributed by atoms with E-state index < -0.39 is 24.3 Å². The molecule has 0 aliphatic heterocycles. The van der Waals surface area contributed by atoms with Crippen LogP contribution < -0.4 is 14.8 Å². The largest absolute Gasteiger partial charge is 0.490 e. The lowest BCUT2D eigenvalue weighted by Gasteiger charge is -2.14. The molecule has 2 rings (SSSR count). The molecule has 0 aliphatic carbocycles. The van der Waals surface area contributed by atoms with Gasteiger partial charge >= 0.3 is 5.97 Å². The third kappa shape index (κ3) is 6.57. The summed E-state index contributed by atoms with van der Waals surface area (Å²) >= 11 is 0. The number of anilines is 1. The van der Waals surface area contributed by atoms with Crippen molar-refractivity contribution in [2.45, 2.75) is 20.8 Å². The maximum atomic E-state index is 13.1. The number of amides is 1. The Hall–Kier alpha value is -3.09. The van der Waals surface area contributed by atoms with Crippen LogP contribution in [0.1, 0.15) is 31.1 Å². The van der Waals surface area contributed by atoms with E-state index in [4.69, 9.17) is 14.2 Å². The topological polar surface area (TPSA) is 73.9 Å². The number of ether oxygens (including phenoxy) is 3. The van der Waals surface area contributed by atoms with Gasteiger partial charge in [-0.15, -0.1) is 0 Å². The Morgan fingerprint density at radius 3 is 2.54 bits per heavy atom. The lowest BCUT2D eigenvalue weighted by Crippen LogP contribution is -2.21. The van der Waals surface area contributed by atoms with Crippen LogP contribution in [0.15, 0.2) is 42.5 Å². The number of carbonyl (C=O) groups is 2. The van der Waals surface area contributed by atoms with Gasteiger partial charge in [-0.05, 0) is 49.2 Å². The van der Waals surface area contributed by atoms with Crippen molar-refractivity contribution in [1.29, 1.82) is 0 Å². The van der Waals surface area contributed by atoms with Gasteiger partial charge in [0.1, 0.15) is 5.82 Å². The molecule has 1 amide bonds. The monoisotopic (exact) mass is 389 g/mol. The lowest BCUT2D eigenvalue weighted by atomic mass is 10.2. The third-order valence-corrected chi connectivity index (χ3v) is 3.49. The summed E-state index contributed by atoms with van der Waals surface area (Å²) in [6.07, 6.45) is 0. The van der Waals surface area contributed by atoms with Gasteiger partial charge in [-0.3, -0.25) is 4.79 Å². The lowest BCUT2D eigenvalue weighted by molar-refractivity contribution is -0.119. The number of nitrogens with one attached hydrogen (secondary N) is 1. The molecule has 0 saturated carbocycles. The molecule has 0 radical (unpaired) electrons. The fraction of sp³-hybridized carbons (Fsp3) is 0.333. The first-order valence-corrected chi connectivity index (χ1v) is 9.01. The number of carbonyl (C=O) groups excluding carboxylic acids is 2. The molecule has 28 heavy (non-hydrogen) atoms. The standard InChI is InChI=1S/C21H24FNO5/c1-4-26-19-10-15(8-9-18(19)27-12-14(2)3)21(25)28-13-20(24)23-17-7-5-6-16(22)11-17/h5-11,14H,4,12-13H2,1-3H3,(H,23,24). The number of hydrogen-bond donors (Lipinski definition) is 1. The molecule has 0 bridgehead atoms. The van der Waals surface area contributed by atoms with Crippen molar-refractivity contribution in [3.63, 3.8) is 0 Å². The maximum absolute atomic E-state index is 13.1. The van der Waals surface area contributed by atoms with E-state index in [1.807, 2.05) is 20.8 Å². The van der Waals surface area contributed by atoms with Crippen molar-refractivity contribution < 1.29 is 28.2 Å².